The number of likely N-dealkylation sites (tertiary alicyclic amines) is 1. The predicted molar refractivity (Wildman–Crippen MR) is 72.9 cm³/mol. The topological polar surface area (TPSA) is 36.1 Å². The van der Waals surface area contributed by atoms with Gasteiger partial charge in [0.05, 0.1) is 6.04 Å². The fourth-order valence-corrected chi connectivity index (χ4v) is 2.80. The quantitative estimate of drug-likeness (QED) is 0.840. The highest BCUT2D eigenvalue weighted by Crippen LogP contribution is 2.22. The van der Waals surface area contributed by atoms with Crippen LogP contribution in [0.4, 0.5) is 0 Å². The minimum absolute atomic E-state index is 0.00768. The van der Waals surface area contributed by atoms with E-state index in [1.165, 1.54) is 12.8 Å². The number of carbonyl (C=O) groups is 1. The van der Waals surface area contributed by atoms with Gasteiger partial charge in [0, 0.05) is 22.7 Å². The van der Waals surface area contributed by atoms with Crippen LogP contribution in [0, 0.1) is 0 Å². The van der Waals surface area contributed by atoms with Gasteiger partial charge >= 0.3 is 0 Å². The Hall–Kier alpha value is -1.61. The lowest BCUT2D eigenvalue weighted by Crippen LogP contribution is -2.36. The van der Waals surface area contributed by atoms with Crippen molar-refractivity contribution in [3.63, 3.8) is 0 Å². The number of carbonyl (C=O) groups excluding carboxylic acids is 1. The SMILES string of the molecule is C[C@H](C(=O)c1c[nH]c2ccccc12)N1CCCC1. The van der Waals surface area contributed by atoms with Crippen molar-refractivity contribution in [2.75, 3.05) is 13.1 Å². The van der Waals surface area contributed by atoms with Gasteiger partial charge in [0.2, 0.25) is 0 Å². The number of H-pyrrole nitrogens is 1. The summed E-state index contributed by atoms with van der Waals surface area (Å²) in [6.07, 6.45) is 4.27. The maximum absolute atomic E-state index is 12.5. The fourth-order valence-electron chi connectivity index (χ4n) is 2.80. The number of Topliss-reactive ketones (excluding diaryl/α,β-unsaturated/α-hetero) is 1. The zero-order valence-electron chi connectivity index (χ0n) is 10.6. The van der Waals surface area contributed by atoms with Gasteiger partial charge in [0.15, 0.2) is 5.78 Å². The predicted octanol–water partition coefficient (Wildman–Crippen LogP) is 2.83. The Labute approximate surface area is 107 Å². The van der Waals surface area contributed by atoms with E-state index >= 15 is 0 Å². The number of fused-ring (bicyclic) bond motifs is 1. The minimum Gasteiger partial charge on any atom is -0.360 e. The van der Waals surface area contributed by atoms with Crippen molar-refractivity contribution < 1.29 is 4.79 Å². The molecule has 0 aliphatic carbocycles. The van der Waals surface area contributed by atoms with Crippen molar-refractivity contribution in [3.05, 3.63) is 36.0 Å². The molecular formula is C15H18N2O. The monoisotopic (exact) mass is 242 g/mol. The van der Waals surface area contributed by atoms with Gasteiger partial charge in [-0.15, -0.1) is 0 Å². The van der Waals surface area contributed by atoms with E-state index in [2.05, 4.69) is 9.88 Å². The van der Waals surface area contributed by atoms with Crippen LogP contribution in [0.5, 0.6) is 0 Å². The normalized spacial score (nSPS) is 18.3. The molecule has 1 aliphatic rings. The van der Waals surface area contributed by atoms with Gasteiger partial charge in [-0.3, -0.25) is 9.69 Å². The minimum atomic E-state index is -0.00768. The highest BCUT2D eigenvalue weighted by molar-refractivity contribution is 6.10. The van der Waals surface area contributed by atoms with E-state index in [1.807, 2.05) is 37.4 Å². The molecule has 94 valence electrons. The molecule has 1 atom stereocenters. The molecule has 1 N–H and O–H groups in total. The molecule has 0 radical (unpaired) electrons. The number of aromatic amines is 1. The number of hydrogen-bond donors (Lipinski definition) is 1. The van der Waals surface area contributed by atoms with Crippen LogP contribution in [-0.4, -0.2) is 34.8 Å². The first kappa shape index (κ1) is 11.5. The van der Waals surface area contributed by atoms with E-state index < -0.39 is 0 Å². The van der Waals surface area contributed by atoms with E-state index in [0.717, 1.165) is 29.6 Å². The zero-order valence-corrected chi connectivity index (χ0v) is 10.6. The number of nitrogens with one attached hydrogen (secondary N) is 1. The van der Waals surface area contributed by atoms with Crippen molar-refractivity contribution in [1.29, 1.82) is 0 Å². The molecule has 1 aromatic heterocycles. The fraction of sp³-hybridized carbons (Fsp3) is 0.400. The highest BCUT2D eigenvalue weighted by Gasteiger charge is 2.26. The summed E-state index contributed by atoms with van der Waals surface area (Å²) in [6.45, 7) is 4.12. The third-order valence-electron chi connectivity index (χ3n) is 3.92. The molecule has 1 saturated heterocycles. The Bertz CT molecular complexity index is 567. The van der Waals surface area contributed by atoms with Crippen molar-refractivity contribution in [2.45, 2.75) is 25.8 Å². The number of nitrogens with zero attached hydrogens (tertiary/aromatic N) is 1. The number of ketones is 1. The molecule has 0 bridgehead atoms. The lowest BCUT2D eigenvalue weighted by atomic mass is 10.0. The van der Waals surface area contributed by atoms with Crippen molar-refractivity contribution >= 4 is 16.7 Å². The van der Waals surface area contributed by atoms with Crippen LogP contribution in [-0.2, 0) is 0 Å². The molecular weight excluding hydrogens is 224 g/mol. The van der Waals surface area contributed by atoms with E-state index in [1.54, 1.807) is 0 Å². The van der Waals surface area contributed by atoms with Crippen LogP contribution in [0.25, 0.3) is 10.9 Å². The van der Waals surface area contributed by atoms with E-state index in [0.29, 0.717) is 0 Å². The Morgan fingerprint density at radius 1 is 1.28 bits per heavy atom. The molecule has 0 amide bonds. The maximum Gasteiger partial charge on any atom is 0.181 e. The van der Waals surface area contributed by atoms with Crippen molar-refractivity contribution in [2.24, 2.45) is 0 Å². The average Bonchev–Trinajstić information content (AvgIpc) is 3.06. The zero-order chi connectivity index (χ0) is 12.5. The Morgan fingerprint density at radius 3 is 2.78 bits per heavy atom. The second kappa shape index (κ2) is 4.58. The van der Waals surface area contributed by atoms with Crippen LogP contribution in [0.15, 0.2) is 30.5 Å². The summed E-state index contributed by atoms with van der Waals surface area (Å²) in [5.74, 6) is 0.231. The standard InChI is InChI=1S/C15H18N2O/c1-11(17-8-4-5-9-17)15(18)13-10-16-14-7-3-2-6-12(13)14/h2-3,6-7,10-11,16H,4-5,8-9H2,1H3/t11-/m1/s1. The smallest absolute Gasteiger partial charge is 0.181 e. The summed E-state index contributed by atoms with van der Waals surface area (Å²) in [4.78, 5) is 18.0. The number of aromatic nitrogens is 1. The molecule has 1 aromatic carbocycles. The lowest BCUT2D eigenvalue weighted by molar-refractivity contribution is 0.0868. The third-order valence-corrected chi connectivity index (χ3v) is 3.92. The van der Waals surface area contributed by atoms with Gasteiger partial charge in [-0.05, 0) is 38.9 Å². The second-order valence-electron chi connectivity index (χ2n) is 5.03. The van der Waals surface area contributed by atoms with Gasteiger partial charge in [-0.25, -0.2) is 0 Å². The third kappa shape index (κ3) is 1.85. The van der Waals surface area contributed by atoms with E-state index in [-0.39, 0.29) is 11.8 Å². The summed E-state index contributed by atoms with van der Waals surface area (Å²) in [5.41, 5.74) is 1.86. The van der Waals surface area contributed by atoms with Crippen LogP contribution in [0.1, 0.15) is 30.1 Å². The molecule has 1 fully saturated rings. The first-order chi connectivity index (χ1) is 8.77. The molecule has 2 aromatic rings. The van der Waals surface area contributed by atoms with Gasteiger partial charge in [0.1, 0.15) is 0 Å². The van der Waals surface area contributed by atoms with E-state index in [4.69, 9.17) is 0 Å². The van der Waals surface area contributed by atoms with Gasteiger partial charge in [-0.2, -0.15) is 0 Å². The molecule has 0 unspecified atom stereocenters. The number of rotatable bonds is 3. The first-order valence-corrected chi connectivity index (χ1v) is 6.62. The average molecular weight is 242 g/mol. The number of para-hydroxylation sites is 1. The Kier molecular flexibility index (Phi) is 2.92. The maximum atomic E-state index is 12.5. The summed E-state index contributed by atoms with van der Waals surface area (Å²) in [5, 5.41) is 1.04. The van der Waals surface area contributed by atoms with Crippen LogP contribution < -0.4 is 0 Å². The molecule has 3 nitrogen and oxygen atoms in total. The molecule has 18 heavy (non-hydrogen) atoms. The van der Waals surface area contributed by atoms with Gasteiger partial charge < -0.3 is 4.98 Å². The Morgan fingerprint density at radius 2 is 2.00 bits per heavy atom. The summed E-state index contributed by atoms with van der Waals surface area (Å²) >= 11 is 0. The molecule has 0 spiro atoms. The molecule has 2 heterocycles. The second-order valence-corrected chi connectivity index (χ2v) is 5.03. The summed E-state index contributed by atoms with van der Waals surface area (Å²) in [7, 11) is 0. The molecule has 0 saturated carbocycles. The molecule has 1 aliphatic heterocycles. The number of benzene rings is 1. The van der Waals surface area contributed by atoms with Gasteiger partial charge in [-0.1, -0.05) is 18.2 Å². The highest BCUT2D eigenvalue weighted by atomic mass is 16.1. The van der Waals surface area contributed by atoms with Gasteiger partial charge in [0.25, 0.3) is 0 Å². The van der Waals surface area contributed by atoms with Crippen LogP contribution >= 0.6 is 0 Å². The summed E-state index contributed by atoms with van der Waals surface area (Å²) in [6, 6.07) is 7.97. The lowest BCUT2D eigenvalue weighted by Gasteiger charge is -2.22. The Balaban J connectivity index is 1.91. The van der Waals surface area contributed by atoms with E-state index in [9.17, 15) is 4.79 Å². The van der Waals surface area contributed by atoms with Crippen molar-refractivity contribution in [1.82, 2.24) is 9.88 Å². The summed E-state index contributed by atoms with van der Waals surface area (Å²) < 4.78 is 0. The van der Waals surface area contributed by atoms with Crippen LogP contribution in [0.3, 0.4) is 0 Å². The molecule has 3 rings (SSSR count). The molecule has 3 heteroatoms. The largest absolute Gasteiger partial charge is 0.360 e. The van der Waals surface area contributed by atoms with Crippen LogP contribution in [0.2, 0.25) is 0 Å². The number of hydrogen-bond acceptors (Lipinski definition) is 2. The van der Waals surface area contributed by atoms with Crippen molar-refractivity contribution in [3.8, 4) is 0 Å². The first-order valence-electron chi connectivity index (χ1n) is 6.62.